The molecule has 1 aliphatic heterocycles. The van der Waals surface area contributed by atoms with Crippen molar-refractivity contribution in [3.8, 4) is 0 Å². The first-order chi connectivity index (χ1) is 12.4. The van der Waals surface area contributed by atoms with Crippen LogP contribution in [0.25, 0.3) is 0 Å². The zero-order chi connectivity index (χ0) is 18.6. The van der Waals surface area contributed by atoms with Crippen LogP contribution in [0.2, 0.25) is 5.04 Å². The van der Waals surface area contributed by atoms with Crippen LogP contribution in [-0.4, -0.2) is 38.8 Å². The van der Waals surface area contributed by atoms with Crippen LogP contribution in [0.4, 0.5) is 0 Å². The van der Waals surface area contributed by atoms with Crippen molar-refractivity contribution in [2.45, 2.75) is 50.9 Å². The first-order valence-corrected chi connectivity index (χ1v) is 11.4. The molecule has 1 fully saturated rings. The molecule has 0 aromatic heterocycles. The predicted octanol–water partition coefficient (Wildman–Crippen LogP) is 3.10. The van der Waals surface area contributed by atoms with Gasteiger partial charge >= 0.3 is 0 Å². The highest BCUT2D eigenvalue weighted by Crippen LogP contribution is 2.37. The van der Waals surface area contributed by atoms with Crippen LogP contribution >= 0.6 is 0 Å². The molecule has 26 heavy (non-hydrogen) atoms. The van der Waals surface area contributed by atoms with E-state index in [1.165, 1.54) is 10.4 Å². The minimum atomic E-state index is -2.55. The van der Waals surface area contributed by atoms with Gasteiger partial charge in [-0.25, -0.2) is 0 Å². The molecule has 1 N–H and O–H groups in total. The average Bonchev–Trinajstić information content (AvgIpc) is 2.64. The van der Waals surface area contributed by atoms with Crippen molar-refractivity contribution >= 4 is 18.7 Å². The van der Waals surface area contributed by atoms with E-state index in [9.17, 15) is 5.11 Å². The van der Waals surface area contributed by atoms with E-state index in [0.29, 0.717) is 13.2 Å². The normalized spacial score (nSPS) is 21.5. The Balaban J connectivity index is 2.02. The van der Waals surface area contributed by atoms with Crippen LogP contribution in [0.3, 0.4) is 0 Å². The Bertz CT molecular complexity index is 642. The Hall–Kier alpha value is -1.46. The van der Waals surface area contributed by atoms with Gasteiger partial charge in [0.05, 0.1) is 12.7 Å². The molecule has 1 saturated heterocycles. The molecule has 3 nitrogen and oxygen atoms in total. The summed E-state index contributed by atoms with van der Waals surface area (Å²) in [4.78, 5) is 0. The maximum atomic E-state index is 10.3. The molecule has 0 bridgehead atoms. The topological polar surface area (TPSA) is 38.7 Å². The third-order valence-corrected chi connectivity index (χ3v) is 10.3. The van der Waals surface area contributed by atoms with Gasteiger partial charge in [0, 0.05) is 6.61 Å². The SMILES string of the molecule is CC(C)(C)[Si](OC[C@@H]1OCCC[C@H]1O)(c1ccccc1)c1ccccc1. The van der Waals surface area contributed by atoms with Crippen LogP contribution in [0.15, 0.2) is 60.7 Å². The Labute approximate surface area is 158 Å². The molecule has 0 amide bonds. The predicted molar refractivity (Wildman–Crippen MR) is 109 cm³/mol. The van der Waals surface area contributed by atoms with Gasteiger partial charge in [-0.05, 0) is 28.3 Å². The number of ether oxygens (including phenoxy) is 1. The van der Waals surface area contributed by atoms with Gasteiger partial charge in [0.15, 0.2) is 0 Å². The fourth-order valence-electron chi connectivity index (χ4n) is 3.95. The number of hydrogen-bond acceptors (Lipinski definition) is 3. The van der Waals surface area contributed by atoms with E-state index in [4.69, 9.17) is 9.16 Å². The number of benzene rings is 2. The van der Waals surface area contributed by atoms with Gasteiger partial charge in [-0.15, -0.1) is 0 Å². The minimum absolute atomic E-state index is 0.0602. The summed E-state index contributed by atoms with van der Waals surface area (Å²) >= 11 is 0. The highest BCUT2D eigenvalue weighted by molar-refractivity contribution is 6.99. The molecule has 0 unspecified atom stereocenters. The zero-order valence-electron chi connectivity index (χ0n) is 16.0. The maximum Gasteiger partial charge on any atom is 0.261 e. The standard InChI is InChI=1S/C22H30O3Si/c1-22(2,3)26(18-11-6-4-7-12-18,19-13-8-5-9-14-19)25-17-21-20(23)15-10-16-24-21/h4-9,11-14,20-21,23H,10,15-17H2,1-3H3/t20-,21+/m1/s1. The lowest BCUT2D eigenvalue weighted by molar-refractivity contribution is -0.0914. The van der Waals surface area contributed by atoms with Crippen molar-refractivity contribution in [2.24, 2.45) is 0 Å². The molecule has 0 saturated carbocycles. The van der Waals surface area contributed by atoms with Gasteiger partial charge in [0.25, 0.3) is 8.32 Å². The van der Waals surface area contributed by atoms with Crippen molar-refractivity contribution in [1.29, 1.82) is 0 Å². The van der Waals surface area contributed by atoms with Gasteiger partial charge in [-0.1, -0.05) is 81.4 Å². The second kappa shape index (κ2) is 8.05. The molecule has 1 aliphatic rings. The summed E-state index contributed by atoms with van der Waals surface area (Å²) in [7, 11) is -2.55. The molecule has 3 rings (SSSR count). The molecule has 2 aromatic carbocycles. The molecule has 140 valence electrons. The molecule has 2 aromatic rings. The van der Waals surface area contributed by atoms with E-state index >= 15 is 0 Å². The number of hydrogen-bond donors (Lipinski definition) is 1. The van der Waals surface area contributed by atoms with Gasteiger partial charge in [0.2, 0.25) is 0 Å². The molecular formula is C22H30O3Si. The first-order valence-electron chi connectivity index (χ1n) is 9.50. The van der Waals surface area contributed by atoms with Crippen molar-refractivity contribution in [1.82, 2.24) is 0 Å². The van der Waals surface area contributed by atoms with Crippen LogP contribution < -0.4 is 10.4 Å². The highest BCUT2D eigenvalue weighted by atomic mass is 28.4. The Kier molecular flexibility index (Phi) is 5.98. The molecule has 0 spiro atoms. The summed E-state index contributed by atoms with van der Waals surface area (Å²) in [6, 6.07) is 21.2. The Morgan fingerprint density at radius 2 is 1.54 bits per heavy atom. The monoisotopic (exact) mass is 370 g/mol. The minimum Gasteiger partial charge on any atom is -0.405 e. The fraction of sp³-hybridized carbons (Fsp3) is 0.455. The molecular weight excluding hydrogens is 340 g/mol. The fourth-order valence-corrected chi connectivity index (χ4v) is 8.52. The van der Waals surface area contributed by atoms with Gasteiger partial charge in [-0.3, -0.25) is 0 Å². The second-order valence-electron chi connectivity index (χ2n) is 8.09. The van der Waals surface area contributed by atoms with Gasteiger partial charge < -0.3 is 14.3 Å². The Morgan fingerprint density at radius 3 is 2.00 bits per heavy atom. The average molecular weight is 371 g/mol. The molecule has 0 aliphatic carbocycles. The maximum absolute atomic E-state index is 10.3. The van der Waals surface area contributed by atoms with Crippen LogP contribution in [0, 0.1) is 0 Å². The summed E-state index contributed by atoms with van der Waals surface area (Å²) in [5.74, 6) is 0. The van der Waals surface area contributed by atoms with Crippen molar-refractivity contribution in [3.05, 3.63) is 60.7 Å². The molecule has 1 heterocycles. The third kappa shape index (κ3) is 3.79. The summed E-state index contributed by atoms with van der Waals surface area (Å²) in [5, 5.41) is 12.8. The smallest absolute Gasteiger partial charge is 0.261 e. The lowest BCUT2D eigenvalue weighted by Gasteiger charge is -2.44. The van der Waals surface area contributed by atoms with Crippen molar-refractivity contribution in [2.75, 3.05) is 13.2 Å². The van der Waals surface area contributed by atoms with Crippen LogP contribution in [-0.2, 0) is 9.16 Å². The largest absolute Gasteiger partial charge is 0.405 e. The van der Waals surface area contributed by atoms with E-state index in [-0.39, 0.29) is 11.1 Å². The second-order valence-corrected chi connectivity index (χ2v) is 12.4. The van der Waals surface area contributed by atoms with Crippen LogP contribution in [0.5, 0.6) is 0 Å². The molecule has 2 atom stereocenters. The zero-order valence-corrected chi connectivity index (χ0v) is 17.0. The summed E-state index contributed by atoms with van der Waals surface area (Å²) < 4.78 is 12.6. The number of rotatable bonds is 5. The van der Waals surface area contributed by atoms with Gasteiger partial charge in [0.1, 0.15) is 6.10 Å². The van der Waals surface area contributed by atoms with Crippen molar-refractivity contribution < 1.29 is 14.3 Å². The van der Waals surface area contributed by atoms with E-state index in [0.717, 1.165) is 12.8 Å². The van der Waals surface area contributed by atoms with Gasteiger partial charge in [-0.2, -0.15) is 0 Å². The van der Waals surface area contributed by atoms with E-state index in [1.54, 1.807) is 0 Å². The lowest BCUT2D eigenvalue weighted by Crippen LogP contribution is -2.67. The van der Waals surface area contributed by atoms with Crippen LogP contribution in [0.1, 0.15) is 33.6 Å². The van der Waals surface area contributed by atoms with Crippen molar-refractivity contribution in [3.63, 3.8) is 0 Å². The van der Waals surface area contributed by atoms with E-state index < -0.39 is 14.4 Å². The third-order valence-electron chi connectivity index (χ3n) is 5.29. The van der Waals surface area contributed by atoms with E-state index in [1.807, 2.05) is 12.1 Å². The molecule has 4 heteroatoms. The summed E-state index contributed by atoms with van der Waals surface area (Å²) in [6.45, 7) is 7.91. The highest BCUT2D eigenvalue weighted by Gasteiger charge is 2.50. The summed E-state index contributed by atoms with van der Waals surface area (Å²) in [6.07, 6.45) is 1.01. The lowest BCUT2D eigenvalue weighted by atomic mass is 10.1. The Morgan fingerprint density at radius 1 is 1.00 bits per heavy atom. The van der Waals surface area contributed by atoms with E-state index in [2.05, 4.69) is 69.3 Å². The quantitative estimate of drug-likeness (QED) is 0.822. The first kappa shape index (κ1) is 19.3. The molecule has 0 radical (unpaired) electrons. The summed E-state index contributed by atoms with van der Waals surface area (Å²) in [5.41, 5.74) is 0. The number of aliphatic hydroxyl groups excluding tert-OH is 1. The number of aliphatic hydroxyl groups is 1.